The average Bonchev–Trinajstić information content (AvgIpc) is 2.75. The third kappa shape index (κ3) is 9.28. The van der Waals surface area contributed by atoms with Crippen molar-refractivity contribution in [2.24, 2.45) is 5.92 Å². The van der Waals surface area contributed by atoms with Crippen LogP contribution in [0.3, 0.4) is 0 Å². The summed E-state index contributed by atoms with van der Waals surface area (Å²) in [5.41, 5.74) is 5.13. The second-order valence-corrected chi connectivity index (χ2v) is 9.10. The van der Waals surface area contributed by atoms with E-state index >= 15 is 0 Å². The lowest BCUT2D eigenvalue weighted by Gasteiger charge is -2.12. The Morgan fingerprint density at radius 3 is 2.23 bits per heavy atom. The number of Topliss-reactive ketones (excluding diaryl/α,β-unsaturated/α-hetero) is 1. The standard InChI is InChI=1S/C29H42O/c1-4-5-6-7-8-16-26-20-22-28(23-21-26)29(30)19-12-14-24(2)13-11-18-27-17-10-9-15-25(27)3/h9-10,15,17,20-24H,4-8,11-14,16,18-19H2,1-3H3/t24-/m0/s1. The highest BCUT2D eigenvalue weighted by Gasteiger charge is 2.08. The molecule has 0 fully saturated rings. The molecule has 1 nitrogen and oxygen atoms in total. The molecule has 0 aliphatic carbocycles. The third-order valence-electron chi connectivity index (χ3n) is 6.35. The molecular formula is C29H42O. The van der Waals surface area contributed by atoms with Gasteiger partial charge in [-0.2, -0.15) is 0 Å². The highest BCUT2D eigenvalue weighted by atomic mass is 16.1. The first kappa shape index (κ1) is 24.4. The van der Waals surface area contributed by atoms with Crippen molar-refractivity contribution < 1.29 is 4.79 Å². The normalized spacial score (nSPS) is 12.1. The summed E-state index contributed by atoms with van der Waals surface area (Å²) in [5, 5.41) is 0. The van der Waals surface area contributed by atoms with Gasteiger partial charge in [0.1, 0.15) is 0 Å². The van der Waals surface area contributed by atoms with Crippen LogP contribution in [0, 0.1) is 12.8 Å². The minimum atomic E-state index is 0.302. The predicted molar refractivity (Wildman–Crippen MR) is 130 cm³/mol. The van der Waals surface area contributed by atoms with Crippen LogP contribution in [0.25, 0.3) is 0 Å². The van der Waals surface area contributed by atoms with Crippen molar-refractivity contribution in [3.63, 3.8) is 0 Å². The Kier molecular flexibility index (Phi) is 11.5. The van der Waals surface area contributed by atoms with Crippen LogP contribution in [-0.4, -0.2) is 5.78 Å². The van der Waals surface area contributed by atoms with Crippen LogP contribution in [0.2, 0.25) is 0 Å². The zero-order chi connectivity index (χ0) is 21.6. The van der Waals surface area contributed by atoms with E-state index in [0.717, 1.165) is 24.8 Å². The molecule has 0 unspecified atom stereocenters. The Morgan fingerprint density at radius 1 is 0.800 bits per heavy atom. The lowest BCUT2D eigenvalue weighted by Crippen LogP contribution is -2.02. The summed E-state index contributed by atoms with van der Waals surface area (Å²) in [5.74, 6) is 0.994. The van der Waals surface area contributed by atoms with E-state index in [4.69, 9.17) is 0 Å². The minimum absolute atomic E-state index is 0.302. The third-order valence-corrected chi connectivity index (χ3v) is 6.35. The van der Waals surface area contributed by atoms with Gasteiger partial charge in [-0.25, -0.2) is 0 Å². The van der Waals surface area contributed by atoms with Gasteiger partial charge in [-0.1, -0.05) is 101 Å². The molecule has 0 N–H and O–H groups in total. The van der Waals surface area contributed by atoms with Crippen LogP contribution >= 0.6 is 0 Å². The van der Waals surface area contributed by atoms with Gasteiger partial charge in [-0.05, 0) is 61.6 Å². The van der Waals surface area contributed by atoms with E-state index in [2.05, 4.69) is 57.2 Å². The summed E-state index contributed by atoms with van der Waals surface area (Å²) in [4.78, 5) is 12.5. The number of hydrogen-bond acceptors (Lipinski definition) is 1. The van der Waals surface area contributed by atoms with E-state index in [9.17, 15) is 4.79 Å². The first-order chi connectivity index (χ1) is 14.6. The maximum atomic E-state index is 12.5. The maximum absolute atomic E-state index is 12.5. The second-order valence-electron chi connectivity index (χ2n) is 9.10. The molecular weight excluding hydrogens is 364 g/mol. The molecule has 2 aromatic carbocycles. The van der Waals surface area contributed by atoms with E-state index in [-0.39, 0.29) is 0 Å². The summed E-state index contributed by atoms with van der Waals surface area (Å²) in [7, 11) is 0. The summed E-state index contributed by atoms with van der Waals surface area (Å²) >= 11 is 0. The SMILES string of the molecule is CCCCCCCc1ccc(C(=O)CCC[C@@H](C)CCCc2ccccc2C)cc1. The van der Waals surface area contributed by atoms with Gasteiger partial charge in [0.05, 0.1) is 0 Å². The molecule has 0 saturated heterocycles. The van der Waals surface area contributed by atoms with Crippen LogP contribution in [-0.2, 0) is 12.8 Å². The number of carbonyl (C=O) groups excluding carboxylic acids is 1. The van der Waals surface area contributed by atoms with Crippen LogP contribution in [0.1, 0.15) is 105 Å². The molecule has 0 amide bonds. The molecule has 30 heavy (non-hydrogen) atoms. The van der Waals surface area contributed by atoms with Gasteiger partial charge >= 0.3 is 0 Å². The summed E-state index contributed by atoms with van der Waals surface area (Å²) in [6.45, 7) is 6.78. The molecule has 0 radical (unpaired) electrons. The van der Waals surface area contributed by atoms with Crippen LogP contribution in [0.4, 0.5) is 0 Å². The number of benzene rings is 2. The molecule has 0 aliphatic heterocycles. The molecule has 0 saturated carbocycles. The molecule has 2 rings (SSSR count). The smallest absolute Gasteiger partial charge is 0.162 e. The topological polar surface area (TPSA) is 17.1 Å². The van der Waals surface area contributed by atoms with Crippen LogP contribution < -0.4 is 0 Å². The fraction of sp³-hybridized carbons (Fsp3) is 0.552. The Hall–Kier alpha value is -1.89. The molecule has 0 aromatic heterocycles. The Morgan fingerprint density at radius 2 is 1.50 bits per heavy atom. The Labute approximate surface area is 185 Å². The highest BCUT2D eigenvalue weighted by Crippen LogP contribution is 2.19. The van der Waals surface area contributed by atoms with Crippen molar-refractivity contribution >= 4 is 5.78 Å². The highest BCUT2D eigenvalue weighted by molar-refractivity contribution is 5.96. The van der Waals surface area contributed by atoms with Crippen molar-refractivity contribution in [1.82, 2.24) is 0 Å². The first-order valence-corrected chi connectivity index (χ1v) is 12.3. The van der Waals surface area contributed by atoms with Crippen molar-refractivity contribution in [1.29, 1.82) is 0 Å². The molecule has 0 heterocycles. The molecule has 2 aromatic rings. The van der Waals surface area contributed by atoms with Crippen molar-refractivity contribution in [2.45, 2.75) is 97.8 Å². The summed E-state index contributed by atoms with van der Waals surface area (Å²) in [6.07, 6.45) is 14.2. The Bertz CT molecular complexity index is 728. The summed E-state index contributed by atoms with van der Waals surface area (Å²) in [6, 6.07) is 17.1. The average molecular weight is 407 g/mol. The fourth-order valence-electron chi connectivity index (χ4n) is 4.22. The monoisotopic (exact) mass is 406 g/mol. The number of rotatable bonds is 15. The zero-order valence-electron chi connectivity index (χ0n) is 19.6. The molecule has 0 aliphatic rings. The van der Waals surface area contributed by atoms with E-state index < -0.39 is 0 Å². The predicted octanol–water partition coefficient (Wildman–Crippen LogP) is 8.52. The molecule has 0 bridgehead atoms. The number of hydrogen-bond donors (Lipinski definition) is 0. The molecule has 1 atom stereocenters. The zero-order valence-corrected chi connectivity index (χ0v) is 19.6. The Balaban J connectivity index is 1.61. The van der Waals surface area contributed by atoms with Crippen molar-refractivity contribution in [3.8, 4) is 0 Å². The van der Waals surface area contributed by atoms with E-state index in [1.54, 1.807) is 0 Å². The van der Waals surface area contributed by atoms with Gasteiger partial charge in [0.25, 0.3) is 0 Å². The number of carbonyl (C=O) groups is 1. The lowest BCUT2D eigenvalue weighted by atomic mass is 9.94. The van der Waals surface area contributed by atoms with Crippen LogP contribution in [0.5, 0.6) is 0 Å². The number of aryl methyl sites for hydroxylation is 3. The van der Waals surface area contributed by atoms with Gasteiger partial charge in [0, 0.05) is 12.0 Å². The van der Waals surface area contributed by atoms with Gasteiger partial charge in [-0.3, -0.25) is 4.79 Å². The fourth-order valence-corrected chi connectivity index (χ4v) is 4.22. The molecule has 0 spiro atoms. The van der Waals surface area contributed by atoms with Crippen molar-refractivity contribution in [3.05, 3.63) is 70.8 Å². The van der Waals surface area contributed by atoms with E-state index in [1.165, 1.54) is 68.1 Å². The number of ketones is 1. The van der Waals surface area contributed by atoms with E-state index in [1.807, 2.05) is 12.1 Å². The number of unbranched alkanes of at least 4 members (excludes halogenated alkanes) is 4. The van der Waals surface area contributed by atoms with Gasteiger partial charge < -0.3 is 0 Å². The first-order valence-electron chi connectivity index (χ1n) is 12.3. The van der Waals surface area contributed by atoms with Gasteiger partial charge in [0.15, 0.2) is 5.78 Å². The minimum Gasteiger partial charge on any atom is -0.294 e. The molecule has 1 heteroatoms. The van der Waals surface area contributed by atoms with E-state index in [0.29, 0.717) is 18.1 Å². The second kappa shape index (κ2) is 14.2. The van der Waals surface area contributed by atoms with Gasteiger partial charge in [0.2, 0.25) is 0 Å². The largest absolute Gasteiger partial charge is 0.294 e. The molecule has 164 valence electrons. The van der Waals surface area contributed by atoms with Gasteiger partial charge in [-0.15, -0.1) is 0 Å². The lowest BCUT2D eigenvalue weighted by molar-refractivity contribution is 0.0977. The van der Waals surface area contributed by atoms with Crippen LogP contribution in [0.15, 0.2) is 48.5 Å². The maximum Gasteiger partial charge on any atom is 0.162 e. The quantitative estimate of drug-likeness (QED) is 0.214. The summed E-state index contributed by atoms with van der Waals surface area (Å²) < 4.78 is 0. The van der Waals surface area contributed by atoms with Crippen molar-refractivity contribution in [2.75, 3.05) is 0 Å².